The number of halogens is 1. The minimum Gasteiger partial charge on any atom is -0.383 e. The molecule has 0 spiro atoms. The van der Waals surface area contributed by atoms with E-state index in [0.29, 0.717) is 29.7 Å². The lowest BCUT2D eigenvalue weighted by Gasteiger charge is -2.25. The minimum absolute atomic E-state index is 0.123. The molecule has 0 amide bonds. The number of nitrogens with one attached hydrogen (secondary N) is 1. The van der Waals surface area contributed by atoms with Gasteiger partial charge in [-0.3, -0.25) is 14.3 Å². The highest BCUT2D eigenvalue weighted by atomic mass is 35.5. The summed E-state index contributed by atoms with van der Waals surface area (Å²) in [6, 6.07) is 0. The fourth-order valence-electron chi connectivity index (χ4n) is 2.36. The lowest BCUT2D eigenvalue weighted by atomic mass is 10.3. The Morgan fingerprint density at radius 2 is 2.20 bits per heavy atom. The molecule has 0 atom stereocenters. The van der Waals surface area contributed by atoms with Crippen molar-refractivity contribution in [2.75, 3.05) is 30.9 Å². The summed E-state index contributed by atoms with van der Waals surface area (Å²) in [5, 5.41) is 3.97. The number of anilines is 2. The predicted molar refractivity (Wildman–Crippen MR) is 98.5 cm³/mol. The average molecular weight is 389 g/mol. The van der Waals surface area contributed by atoms with Crippen LogP contribution in [0, 0.1) is 0 Å². The summed E-state index contributed by atoms with van der Waals surface area (Å²) in [5.74, 6) is 0.123. The van der Waals surface area contributed by atoms with Gasteiger partial charge in [-0.25, -0.2) is 4.79 Å². The van der Waals surface area contributed by atoms with Crippen LogP contribution in [0.2, 0.25) is 4.34 Å². The van der Waals surface area contributed by atoms with Gasteiger partial charge in [0.15, 0.2) is 0 Å². The molecule has 0 saturated heterocycles. The Balaban J connectivity index is 2.46. The molecule has 2 heterocycles. The van der Waals surface area contributed by atoms with Gasteiger partial charge in [0.1, 0.15) is 21.5 Å². The quantitative estimate of drug-likeness (QED) is 0.659. The largest absolute Gasteiger partial charge is 0.383 e. The number of aromatic nitrogens is 4. The van der Waals surface area contributed by atoms with Gasteiger partial charge in [0.2, 0.25) is 0 Å². The second-order valence-electron chi connectivity index (χ2n) is 5.41. The molecule has 0 aliphatic rings. The molecule has 0 radical (unpaired) electrons. The van der Waals surface area contributed by atoms with Crippen molar-refractivity contribution in [1.29, 1.82) is 0 Å². The van der Waals surface area contributed by atoms with Gasteiger partial charge in [0, 0.05) is 31.7 Å². The van der Waals surface area contributed by atoms with Gasteiger partial charge < -0.3 is 15.4 Å². The summed E-state index contributed by atoms with van der Waals surface area (Å²) in [6.07, 6.45) is 1.67. The van der Waals surface area contributed by atoms with Crippen LogP contribution in [0.15, 0.2) is 9.59 Å². The van der Waals surface area contributed by atoms with Crippen molar-refractivity contribution in [2.24, 2.45) is 0 Å². The van der Waals surface area contributed by atoms with Crippen LogP contribution in [-0.2, 0) is 17.8 Å². The standard InChI is InChI=1S/C14H21ClN6O3S/c1-3-4-5-21-12(16)10(13(22)17-14(21)23)20(6-7-24-2)8-9-11(15)25-19-18-9/h3-8,16H2,1-2H3,(H,17,22,23). The highest BCUT2D eigenvalue weighted by Crippen LogP contribution is 2.23. The van der Waals surface area contributed by atoms with E-state index in [-0.39, 0.29) is 18.1 Å². The molecule has 0 bridgehead atoms. The topological polar surface area (TPSA) is 119 Å². The Kier molecular flexibility index (Phi) is 6.97. The minimum atomic E-state index is -0.550. The van der Waals surface area contributed by atoms with E-state index in [0.717, 1.165) is 24.4 Å². The van der Waals surface area contributed by atoms with Crippen molar-refractivity contribution in [3.63, 3.8) is 0 Å². The Morgan fingerprint density at radius 3 is 2.80 bits per heavy atom. The molecule has 0 aliphatic carbocycles. The van der Waals surface area contributed by atoms with E-state index < -0.39 is 11.2 Å². The van der Waals surface area contributed by atoms with E-state index in [1.807, 2.05) is 6.92 Å². The fourth-order valence-corrected chi connectivity index (χ4v) is 2.98. The van der Waals surface area contributed by atoms with Crippen LogP contribution in [0.3, 0.4) is 0 Å². The third-order valence-electron chi connectivity index (χ3n) is 3.68. The third-order valence-corrected chi connectivity index (χ3v) is 4.67. The van der Waals surface area contributed by atoms with Crippen molar-refractivity contribution in [2.45, 2.75) is 32.9 Å². The number of unbranched alkanes of at least 4 members (excludes halogenated alkanes) is 1. The van der Waals surface area contributed by atoms with Gasteiger partial charge in [-0.2, -0.15) is 0 Å². The van der Waals surface area contributed by atoms with Gasteiger partial charge in [-0.15, -0.1) is 5.10 Å². The van der Waals surface area contributed by atoms with Crippen LogP contribution in [0.5, 0.6) is 0 Å². The van der Waals surface area contributed by atoms with Gasteiger partial charge in [-0.05, 0) is 6.42 Å². The molecule has 138 valence electrons. The summed E-state index contributed by atoms with van der Waals surface area (Å²) in [4.78, 5) is 28.5. The molecular weight excluding hydrogens is 368 g/mol. The summed E-state index contributed by atoms with van der Waals surface area (Å²) in [6.45, 7) is 3.42. The van der Waals surface area contributed by atoms with Crippen LogP contribution in [0.4, 0.5) is 11.5 Å². The zero-order valence-electron chi connectivity index (χ0n) is 14.1. The molecule has 2 rings (SSSR count). The highest BCUT2D eigenvalue weighted by molar-refractivity contribution is 7.10. The Morgan fingerprint density at radius 1 is 1.44 bits per heavy atom. The first-order valence-corrected chi connectivity index (χ1v) is 8.97. The zero-order valence-corrected chi connectivity index (χ0v) is 15.7. The fraction of sp³-hybridized carbons (Fsp3) is 0.571. The van der Waals surface area contributed by atoms with E-state index in [1.54, 1.807) is 12.0 Å². The maximum Gasteiger partial charge on any atom is 0.330 e. The van der Waals surface area contributed by atoms with Crippen LogP contribution in [0.1, 0.15) is 25.5 Å². The second kappa shape index (κ2) is 8.97. The molecule has 11 heteroatoms. The van der Waals surface area contributed by atoms with Crippen LogP contribution in [-0.4, -0.2) is 39.4 Å². The van der Waals surface area contributed by atoms with Gasteiger partial charge >= 0.3 is 5.69 Å². The van der Waals surface area contributed by atoms with Crippen LogP contribution < -0.4 is 21.9 Å². The Hall–Kier alpha value is -1.91. The molecule has 0 saturated carbocycles. The number of methoxy groups -OCH3 is 1. The van der Waals surface area contributed by atoms with Gasteiger partial charge in [0.05, 0.1) is 13.2 Å². The summed E-state index contributed by atoms with van der Waals surface area (Å²) in [5.41, 5.74) is 5.84. The number of nitrogens with zero attached hydrogens (tertiary/aromatic N) is 4. The Labute approximate surface area is 153 Å². The summed E-state index contributed by atoms with van der Waals surface area (Å²) >= 11 is 7.14. The van der Waals surface area contributed by atoms with Gasteiger partial charge in [-0.1, -0.05) is 29.4 Å². The maximum absolute atomic E-state index is 12.4. The molecule has 0 aromatic carbocycles. The van der Waals surface area contributed by atoms with E-state index in [9.17, 15) is 9.59 Å². The van der Waals surface area contributed by atoms with E-state index in [1.165, 1.54) is 4.57 Å². The first-order valence-electron chi connectivity index (χ1n) is 7.82. The first kappa shape index (κ1) is 19.4. The maximum atomic E-state index is 12.4. The monoisotopic (exact) mass is 388 g/mol. The van der Waals surface area contributed by atoms with Crippen LogP contribution in [0.25, 0.3) is 0 Å². The van der Waals surface area contributed by atoms with Crippen molar-refractivity contribution in [1.82, 2.24) is 19.1 Å². The van der Waals surface area contributed by atoms with Gasteiger partial charge in [0.25, 0.3) is 5.56 Å². The molecule has 9 nitrogen and oxygen atoms in total. The smallest absolute Gasteiger partial charge is 0.330 e. The number of hydrogen-bond donors (Lipinski definition) is 2. The molecule has 0 fully saturated rings. The number of nitrogens with two attached hydrogens (primary N) is 1. The number of hydrogen-bond acceptors (Lipinski definition) is 8. The number of aromatic amines is 1. The molecule has 2 aromatic heterocycles. The van der Waals surface area contributed by atoms with E-state index >= 15 is 0 Å². The van der Waals surface area contributed by atoms with E-state index in [4.69, 9.17) is 22.1 Å². The van der Waals surface area contributed by atoms with Crippen LogP contribution >= 0.6 is 23.1 Å². The van der Waals surface area contributed by atoms with Crippen molar-refractivity contribution < 1.29 is 4.74 Å². The molecule has 0 unspecified atom stereocenters. The normalized spacial score (nSPS) is 11.0. The first-order chi connectivity index (χ1) is 12.0. The zero-order chi connectivity index (χ0) is 18.4. The second-order valence-corrected chi connectivity index (χ2v) is 6.76. The summed E-state index contributed by atoms with van der Waals surface area (Å²) in [7, 11) is 1.56. The average Bonchev–Trinajstić information content (AvgIpc) is 2.97. The molecule has 25 heavy (non-hydrogen) atoms. The SMILES string of the molecule is CCCCn1c(N)c(N(CCOC)Cc2nnsc2Cl)c(=O)[nH]c1=O. The van der Waals surface area contributed by atoms with Crippen molar-refractivity contribution in [3.05, 3.63) is 30.9 Å². The number of H-pyrrole nitrogens is 1. The third kappa shape index (κ3) is 4.59. The van der Waals surface area contributed by atoms with E-state index in [2.05, 4.69) is 14.6 Å². The lowest BCUT2D eigenvalue weighted by Crippen LogP contribution is -2.39. The number of rotatable bonds is 9. The number of ether oxygens (including phenoxy) is 1. The molecule has 3 N–H and O–H groups in total. The van der Waals surface area contributed by atoms with Crippen molar-refractivity contribution in [3.8, 4) is 0 Å². The molecule has 2 aromatic rings. The number of nitrogen functional groups attached to an aromatic ring is 1. The molecular formula is C14H21ClN6O3S. The Bertz CT molecular complexity index is 818. The lowest BCUT2D eigenvalue weighted by molar-refractivity contribution is 0.205. The van der Waals surface area contributed by atoms with Crippen molar-refractivity contribution >= 4 is 34.6 Å². The highest BCUT2D eigenvalue weighted by Gasteiger charge is 2.21. The molecule has 0 aliphatic heterocycles. The predicted octanol–water partition coefficient (Wildman–Crippen LogP) is 1.08. The summed E-state index contributed by atoms with van der Waals surface area (Å²) < 4.78 is 10.7.